The predicted molar refractivity (Wildman–Crippen MR) is 87.7 cm³/mol. The second-order valence-corrected chi connectivity index (χ2v) is 6.32. The molecule has 110 valence electrons. The molecule has 2 aromatic heterocycles. The molecule has 0 radical (unpaired) electrons. The molecule has 0 saturated carbocycles. The molecule has 2 rings (SSSR count). The molecule has 0 aromatic carbocycles. The van der Waals surface area contributed by atoms with Gasteiger partial charge in [0.25, 0.3) is 5.91 Å². The monoisotopic (exact) mass is 319 g/mol. The van der Waals surface area contributed by atoms with Crippen molar-refractivity contribution in [2.45, 2.75) is 25.8 Å². The molecule has 0 aliphatic rings. The van der Waals surface area contributed by atoms with Crippen LogP contribution in [-0.4, -0.2) is 17.6 Å². The summed E-state index contributed by atoms with van der Waals surface area (Å²) in [4.78, 5) is 14.3. The molecule has 3 nitrogen and oxygen atoms in total. The first-order valence-electron chi connectivity index (χ1n) is 6.77. The average molecular weight is 319 g/mol. The Morgan fingerprint density at radius 2 is 2.33 bits per heavy atom. The lowest BCUT2D eigenvalue weighted by atomic mass is 10.1. The van der Waals surface area contributed by atoms with E-state index in [9.17, 15) is 4.79 Å². The number of hydrogen-bond donors (Lipinski definition) is 2. The number of thiophene rings is 2. The van der Waals surface area contributed by atoms with E-state index in [2.05, 4.69) is 24.1 Å². The number of rotatable bonds is 5. The third-order valence-electron chi connectivity index (χ3n) is 2.91. The van der Waals surface area contributed by atoms with E-state index in [-0.39, 0.29) is 18.6 Å². The van der Waals surface area contributed by atoms with Crippen LogP contribution >= 0.6 is 22.7 Å². The van der Waals surface area contributed by atoms with Crippen LogP contribution in [0.5, 0.6) is 0 Å². The topological polar surface area (TPSA) is 49.3 Å². The van der Waals surface area contributed by atoms with Gasteiger partial charge in [0.1, 0.15) is 0 Å². The maximum absolute atomic E-state index is 12.3. The first-order valence-corrected chi connectivity index (χ1v) is 8.53. The van der Waals surface area contributed by atoms with Gasteiger partial charge in [0.2, 0.25) is 0 Å². The maximum atomic E-state index is 12.3. The van der Waals surface area contributed by atoms with Crippen LogP contribution in [0, 0.1) is 11.8 Å². The van der Waals surface area contributed by atoms with Gasteiger partial charge < -0.3 is 10.4 Å². The summed E-state index contributed by atoms with van der Waals surface area (Å²) in [6.07, 6.45) is 1.31. The highest BCUT2D eigenvalue weighted by molar-refractivity contribution is 7.11. The molecule has 0 bridgehead atoms. The summed E-state index contributed by atoms with van der Waals surface area (Å²) < 4.78 is 0. The number of carbonyl (C=O) groups is 1. The SMILES string of the molecule is CCC(NC(=O)c1csc(C#CCCO)c1)c1cccs1. The first kappa shape index (κ1) is 15.8. The first-order chi connectivity index (χ1) is 10.2. The molecule has 2 heterocycles. The van der Waals surface area contributed by atoms with Crippen LogP contribution < -0.4 is 5.32 Å². The van der Waals surface area contributed by atoms with Crippen LogP contribution in [0.4, 0.5) is 0 Å². The van der Waals surface area contributed by atoms with Crippen molar-refractivity contribution in [2.75, 3.05) is 6.61 Å². The zero-order valence-corrected chi connectivity index (χ0v) is 13.4. The van der Waals surface area contributed by atoms with E-state index in [0.717, 1.165) is 11.3 Å². The van der Waals surface area contributed by atoms with E-state index in [1.54, 1.807) is 17.4 Å². The second kappa shape index (κ2) is 7.99. The highest BCUT2D eigenvalue weighted by Gasteiger charge is 2.15. The second-order valence-electron chi connectivity index (χ2n) is 4.42. The molecule has 2 aromatic rings. The molecule has 5 heteroatoms. The summed E-state index contributed by atoms with van der Waals surface area (Å²) in [5, 5.41) is 15.6. The van der Waals surface area contributed by atoms with Gasteiger partial charge >= 0.3 is 0 Å². The van der Waals surface area contributed by atoms with E-state index in [1.165, 1.54) is 16.2 Å². The van der Waals surface area contributed by atoms with Crippen molar-refractivity contribution >= 4 is 28.6 Å². The molecule has 21 heavy (non-hydrogen) atoms. The van der Waals surface area contributed by atoms with Gasteiger partial charge in [0, 0.05) is 16.7 Å². The molecule has 0 aliphatic heterocycles. The highest BCUT2D eigenvalue weighted by atomic mass is 32.1. The summed E-state index contributed by atoms with van der Waals surface area (Å²) in [6, 6.07) is 5.89. The molecule has 1 unspecified atom stereocenters. The Hall–Kier alpha value is -1.61. The van der Waals surface area contributed by atoms with Gasteiger partial charge in [-0.1, -0.05) is 24.8 Å². The summed E-state index contributed by atoms with van der Waals surface area (Å²) in [7, 11) is 0. The largest absolute Gasteiger partial charge is 0.395 e. The lowest BCUT2D eigenvalue weighted by Crippen LogP contribution is -2.27. The number of aliphatic hydroxyl groups excluding tert-OH is 1. The average Bonchev–Trinajstić information content (AvgIpc) is 3.16. The number of aliphatic hydroxyl groups is 1. The molecule has 0 fully saturated rings. The number of hydrogen-bond acceptors (Lipinski definition) is 4. The Labute approximate surface area is 132 Å². The van der Waals surface area contributed by atoms with Crippen LogP contribution in [0.15, 0.2) is 29.0 Å². The predicted octanol–water partition coefficient (Wildman–Crippen LogP) is 3.42. The van der Waals surface area contributed by atoms with Crippen LogP contribution in [0.1, 0.15) is 45.9 Å². The molecular formula is C16H17NO2S2. The molecule has 1 amide bonds. The van der Waals surface area contributed by atoms with Crippen molar-refractivity contribution in [1.29, 1.82) is 0 Å². The van der Waals surface area contributed by atoms with Gasteiger partial charge in [-0.3, -0.25) is 4.79 Å². The van der Waals surface area contributed by atoms with Crippen molar-refractivity contribution in [3.63, 3.8) is 0 Å². The Morgan fingerprint density at radius 1 is 1.48 bits per heavy atom. The normalized spacial score (nSPS) is 11.5. The van der Waals surface area contributed by atoms with Crippen LogP contribution in [0.2, 0.25) is 0 Å². The fraction of sp³-hybridized carbons (Fsp3) is 0.312. The fourth-order valence-corrected chi connectivity index (χ4v) is 3.45. The van der Waals surface area contributed by atoms with Crippen molar-refractivity contribution in [1.82, 2.24) is 5.32 Å². The number of amides is 1. The Balaban J connectivity index is 2.02. The van der Waals surface area contributed by atoms with Gasteiger partial charge in [-0.05, 0) is 23.9 Å². The van der Waals surface area contributed by atoms with Gasteiger partial charge in [-0.15, -0.1) is 22.7 Å². The van der Waals surface area contributed by atoms with Crippen molar-refractivity contribution < 1.29 is 9.90 Å². The van der Waals surface area contributed by atoms with Crippen molar-refractivity contribution in [2.24, 2.45) is 0 Å². The van der Waals surface area contributed by atoms with E-state index < -0.39 is 0 Å². The zero-order valence-electron chi connectivity index (χ0n) is 11.8. The van der Waals surface area contributed by atoms with Gasteiger partial charge in [0.05, 0.1) is 23.1 Å². The van der Waals surface area contributed by atoms with E-state index in [4.69, 9.17) is 5.11 Å². The summed E-state index contributed by atoms with van der Waals surface area (Å²) in [6.45, 7) is 2.12. The van der Waals surface area contributed by atoms with Gasteiger partial charge in [-0.2, -0.15) is 0 Å². The van der Waals surface area contributed by atoms with Crippen molar-refractivity contribution in [3.05, 3.63) is 44.3 Å². The molecular weight excluding hydrogens is 302 g/mol. The molecule has 1 atom stereocenters. The highest BCUT2D eigenvalue weighted by Crippen LogP contribution is 2.22. The minimum Gasteiger partial charge on any atom is -0.395 e. The Kier molecular flexibility index (Phi) is 6.00. The standard InChI is InChI=1S/C16H17NO2S2/c1-2-14(15-7-5-9-20-15)17-16(19)12-10-13(21-11-12)6-3-4-8-18/h5,7,9-11,14,18H,2,4,8H2,1H3,(H,17,19). The van der Waals surface area contributed by atoms with E-state index in [0.29, 0.717) is 12.0 Å². The van der Waals surface area contributed by atoms with Gasteiger partial charge in [-0.25, -0.2) is 0 Å². The Morgan fingerprint density at radius 3 is 3.00 bits per heavy atom. The van der Waals surface area contributed by atoms with E-state index in [1.807, 2.05) is 22.9 Å². The molecule has 0 aliphatic carbocycles. The maximum Gasteiger partial charge on any atom is 0.252 e. The minimum absolute atomic E-state index is 0.0568. The van der Waals surface area contributed by atoms with Crippen LogP contribution in [-0.2, 0) is 0 Å². The molecule has 0 saturated heterocycles. The smallest absolute Gasteiger partial charge is 0.252 e. The summed E-state index contributed by atoms with van der Waals surface area (Å²) in [5.74, 6) is 5.74. The van der Waals surface area contributed by atoms with Crippen LogP contribution in [0.3, 0.4) is 0 Å². The third kappa shape index (κ3) is 4.43. The lowest BCUT2D eigenvalue weighted by molar-refractivity contribution is 0.0936. The zero-order chi connectivity index (χ0) is 15.1. The molecule has 2 N–H and O–H groups in total. The summed E-state index contributed by atoms with van der Waals surface area (Å²) >= 11 is 3.10. The quantitative estimate of drug-likeness (QED) is 0.830. The molecule has 0 spiro atoms. The third-order valence-corrected chi connectivity index (χ3v) is 4.74. The minimum atomic E-state index is -0.0679. The lowest BCUT2D eigenvalue weighted by Gasteiger charge is -2.14. The number of nitrogens with one attached hydrogen (secondary N) is 1. The van der Waals surface area contributed by atoms with Crippen LogP contribution in [0.25, 0.3) is 0 Å². The number of carbonyl (C=O) groups excluding carboxylic acids is 1. The van der Waals surface area contributed by atoms with Gasteiger partial charge in [0.15, 0.2) is 0 Å². The van der Waals surface area contributed by atoms with Crippen molar-refractivity contribution in [3.8, 4) is 11.8 Å². The summed E-state index contributed by atoms with van der Waals surface area (Å²) in [5.41, 5.74) is 0.642. The fourth-order valence-electron chi connectivity index (χ4n) is 1.83. The van der Waals surface area contributed by atoms with E-state index >= 15 is 0 Å². The Bertz CT molecular complexity index is 635.